The Balaban J connectivity index is 3.84. The van der Waals surface area contributed by atoms with E-state index in [0.717, 1.165) is 0 Å². The lowest BCUT2D eigenvalue weighted by molar-refractivity contribution is -0.148. The first kappa shape index (κ1) is 14.1. The van der Waals surface area contributed by atoms with E-state index in [2.05, 4.69) is 0 Å². The molecule has 0 fully saturated rings. The molecule has 0 aromatic carbocycles. The molecule has 0 bridgehead atoms. The van der Waals surface area contributed by atoms with Crippen LogP contribution in [0.1, 0.15) is 27.2 Å². The summed E-state index contributed by atoms with van der Waals surface area (Å²) >= 11 is 0. The van der Waals surface area contributed by atoms with Gasteiger partial charge in [-0.25, -0.2) is 0 Å². The molecule has 0 aliphatic heterocycles. The van der Waals surface area contributed by atoms with Crippen LogP contribution in [0.15, 0.2) is 12.2 Å². The van der Waals surface area contributed by atoms with Crippen molar-refractivity contribution in [3.8, 4) is 0 Å². The average Bonchev–Trinajstić information content (AvgIpc) is 2.14. The summed E-state index contributed by atoms with van der Waals surface area (Å²) in [6.45, 7) is 5.18. The number of carbonyl (C=O) groups excluding carboxylic acids is 1. The maximum absolute atomic E-state index is 11.1. The molecular weight excluding hydrogens is 196 g/mol. The molecule has 0 aromatic heterocycles. The van der Waals surface area contributed by atoms with Gasteiger partial charge in [-0.3, -0.25) is 4.79 Å². The summed E-state index contributed by atoms with van der Waals surface area (Å²) in [5.74, 6) is -0.417. The van der Waals surface area contributed by atoms with Crippen molar-refractivity contribution in [2.45, 2.75) is 32.8 Å². The van der Waals surface area contributed by atoms with Crippen molar-refractivity contribution in [1.29, 1.82) is 0 Å². The third-order valence-corrected chi connectivity index (χ3v) is 1.91. The highest BCUT2D eigenvalue weighted by Crippen LogP contribution is 2.11. The second-order valence-electron chi connectivity index (χ2n) is 4.01. The second kappa shape index (κ2) is 6.58. The van der Waals surface area contributed by atoms with E-state index >= 15 is 0 Å². The van der Waals surface area contributed by atoms with Gasteiger partial charge < -0.3 is 14.9 Å². The summed E-state index contributed by atoms with van der Waals surface area (Å²) in [6.07, 6.45) is 3.28. The van der Waals surface area contributed by atoms with Gasteiger partial charge in [0, 0.05) is 6.42 Å². The number of hydrogen-bond donors (Lipinski definition) is 2. The van der Waals surface area contributed by atoms with Crippen molar-refractivity contribution in [3.63, 3.8) is 0 Å². The number of ether oxygens (including phenoxy) is 1. The van der Waals surface area contributed by atoms with Gasteiger partial charge >= 0.3 is 5.97 Å². The molecule has 1 unspecified atom stereocenters. The van der Waals surface area contributed by atoms with Crippen LogP contribution in [0, 0.1) is 5.92 Å². The monoisotopic (exact) mass is 216 g/mol. The number of aliphatic hydroxyl groups excluding tert-OH is 1. The molecule has 0 aromatic rings. The third-order valence-electron chi connectivity index (χ3n) is 1.91. The molecule has 0 heterocycles. The van der Waals surface area contributed by atoms with Crippen molar-refractivity contribution in [1.82, 2.24) is 0 Å². The number of aliphatic hydroxyl groups is 2. The topological polar surface area (TPSA) is 66.8 Å². The van der Waals surface area contributed by atoms with E-state index in [9.17, 15) is 9.90 Å². The second-order valence-corrected chi connectivity index (χ2v) is 4.01. The Labute approximate surface area is 90.6 Å². The standard InChI is InChI=1S/C11H20O4/c1-9(2)10(13)15-8-6-11(3,14)5-4-7-12/h4-5,9,12,14H,6-8H2,1-3H3. The Morgan fingerprint density at radius 2 is 2.13 bits per heavy atom. The SMILES string of the molecule is CC(C)C(=O)OCCC(C)(O)C=CCO. The van der Waals surface area contributed by atoms with Crippen LogP contribution >= 0.6 is 0 Å². The van der Waals surface area contributed by atoms with E-state index in [0.29, 0.717) is 6.42 Å². The van der Waals surface area contributed by atoms with Crippen molar-refractivity contribution in [2.75, 3.05) is 13.2 Å². The predicted molar refractivity (Wildman–Crippen MR) is 57.3 cm³/mol. The van der Waals surface area contributed by atoms with Gasteiger partial charge in [-0.15, -0.1) is 0 Å². The molecule has 0 rings (SSSR count). The van der Waals surface area contributed by atoms with Crippen LogP contribution in [-0.2, 0) is 9.53 Å². The fraction of sp³-hybridized carbons (Fsp3) is 0.727. The van der Waals surface area contributed by atoms with E-state index in [-0.39, 0.29) is 25.1 Å². The van der Waals surface area contributed by atoms with Gasteiger partial charge in [-0.1, -0.05) is 26.0 Å². The molecule has 15 heavy (non-hydrogen) atoms. The molecule has 0 amide bonds. The van der Waals surface area contributed by atoms with Gasteiger partial charge in [-0.05, 0) is 6.92 Å². The maximum atomic E-state index is 11.1. The van der Waals surface area contributed by atoms with E-state index in [1.54, 1.807) is 20.8 Å². The molecule has 0 saturated heterocycles. The summed E-state index contributed by atoms with van der Waals surface area (Å²) in [6, 6.07) is 0. The first-order chi connectivity index (χ1) is 6.89. The smallest absolute Gasteiger partial charge is 0.308 e. The Bertz CT molecular complexity index is 219. The predicted octanol–water partition coefficient (Wildman–Crippen LogP) is 0.875. The minimum atomic E-state index is -1.04. The lowest BCUT2D eigenvalue weighted by atomic mass is 10.0. The van der Waals surface area contributed by atoms with Crippen LogP contribution in [0.4, 0.5) is 0 Å². The van der Waals surface area contributed by atoms with Gasteiger partial charge in [0.15, 0.2) is 0 Å². The zero-order chi connectivity index (χ0) is 11.9. The normalized spacial score (nSPS) is 15.6. The van der Waals surface area contributed by atoms with Gasteiger partial charge in [0.25, 0.3) is 0 Å². The van der Waals surface area contributed by atoms with E-state index in [1.165, 1.54) is 12.2 Å². The molecule has 2 N–H and O–H groups in total. The highest BCUT2D eigenvalue weighted by atomic mass is 16.5. The summed E-state index contributed by atoms with van der Waals surface area (Å²) in [4.78, 5) is 11.1. The van der Waals surface area contributed by atoms with Gasteiger partial charge in [0.05, 0.1) is 24.7 Å². The lowest BCUT2D eigenvalue weighted by Crippen LogP contribution is -2.25. The fourth-order valence-electron chi connectivity index (χ4n) is 0.915. The van der Waals surface area contributed by atoms with Gasteiger partial charge in [0.1, 0.15) is 0 Å². The Morgan fingerprint density at radius 1 is 1.53 bits per heavy atom. The molecule has 0 spiro atoms. The highest BCUT2D eigenvalue weighted by Gasteiger charge is 2.17. The molecule has 0 radical (unpaired) electrons. The molecular formula is C11H20O4. The molecule has 4 heteroatoms. The van der Waals surface area contributed by atoms with Crippen molar-refractivity contribution in [3.05, 3.63) is 12.2 Å². The summed E-state index contributed by atoms with van der Waals surface area (Å²) in [5, 5.41) is 18.2. The van der Waals surface area contributed by atoms with Crippen LogP contribution in [0.2, 0.25) is 0 Å². The zero-order valence-corrected chi connectivity index (χ0v) is 9.56. The molecule has 0 saturated carbocycles. The number of rotatable bonds is 6. The van der Waals surface area contributed by atoms with Crippen LogP contribution in [0.3, 0.4) is 0 Å². The molecule has 4 nitrogen and oxygen atoms in total. The minimum absolute atomic E-state index is 0.109. The molecule has 0 aliphatic rings. The van der Waals surface area contributed by atoms with Crippen LogP contribution in [-0.4, -0.2) is 35.0 Å². The minimum Gasteiger partial charge on any atom is -0.465 e. The van der Waals surface area contributed by atoms with Crippen molar-refractivity contribution < 1.29 is 19.7 Å². The Hall–Kier alpha value is -0.870. The number of esters is 1. The largest absolute Gasteiger partial charge is 0.465 e. The highest BCUT2D eigenvalue weighted by molar-refractivity contribution is 5.71. The maximum Gasteiger partial charge on any atom is 0.308 e. The first-order valence-corrected chi connectivity index (χ1v) is 5.06. The summed E-state index contributed by atoms with van der Waals surface area (Å²) in [7, 11) is 0. The summed E-state index contributed by atoms with van der Waals surface area (Å²) in [5.41, 5.74) is -1.04. The van der Waals surface area contributed by atoms with Crippen molar-refractivity contribution in [2.24, 2.45) is 5.92 Å². The lowest BCUT2D eigenvalue weighted by Gasteiger charge is -2.18. The van der Waals surface area contributed by atoms with E-state index in [4.69, 9.17) is 9.84 Å². The molecule has 0 aliphatic carbocycles. The quantitative estimate of drug-likeness (QED) is 0.511. The summed E-state index contributed by atoms with van der Waals surface area (Å²) < 4.78 is 4.92. The van der Waals surface area contributed by atoms with Crippen LogP contribution in [0.25, 0.3) is 0 Å². The van der Waals surface area contributed by atoms with Gasteiger partial charge in [0.2, 0.25) is 0 Å². The van der Waals surface area contributed by atoms with E-state index in [1.807, 2.05) is 0 Å². The third kappa shape index (κ3) is 7.11. The van der Waals surface area contributed by atoms with Crippen LogP contribution in [0.5, 0.6) is 0 Å². The molecule has 88 valence electrons. The first-order valence-electron chi connectivity index (χ1n) is 5.06. The molecule has 1 atom stereocenters. The fourth-order valence-corrected chi connectivity index (χ4v) is 0.915. The number of carbonyl (C=O) groups is 1. The average molecular weight is 216 g/mol. The van der Waals surface area contributed by atoms with Gasteiger partial charge in [-0.2, -0.15) is 0 Å². The number of hydrogen-bond acceptors (Lipinski definition) is 4. The Morgan fingerprint density at radius 3 is 2.60 bits per heavy atom. The Kier molecular flexibility index (Phi) is 6.20. The van der Waals surface area contributed by atoms with E-state index < -0.39 is 5.60 Å². The van der Waals surface area contributed by atoms with Crippen LogP contribution < -0.4 is 0 Å². The van der Waals surface area contributed by atoms with Crippen molar-refractivity contribution >= 4 is 5.97 Å². The zero-order valence-electron chi connectivity index (χ0n) is 9.56.